The molecule has 276 valence electrons. The molecule has 3 aromatic carbocycles. The molecular formula is C42H52N4O5S. The van der Waals surface area contributed by atoms with Gasteiger partial charge in [-0.15, -0.1) is 0 Å². The lowest BCUT2D eigenvalue weighted by Gasteiger charge is -2.31. The monoisotopic (exact) mass is 724 g/mol. The van der Waals surface area contributed by atoms with E-state index < -0.39 is 11.2 Å². The van der Waals surface area contributed by atoms with E-state index in [9.17, 15) is 9.35 Å². The topological polar surface area (TPSA) is 101 Å². The lowest BCUT2D eigenvalue weighted by Crippen LogP contribution is -2.32. The van der Waals surface area contributed by atoms with Crippen molar-refractivity contribution in [2.45, 2.75) is 70.1 Å². The van der Waals surface area contributed by atoms with Crippen LogP contribution in [0.3, 0.4) is 0 Å². The fourth-order valence-electron chi connectivity index (χ4n) is 6.77. The van der Waals surface area contributed by atoms with E-state index in [1.165, 1.54) is 0 Å². The third-order valence-electron chi connectivity index (χ3n) is 9.83. The van der Waals surface area contributed by atoms with E-state index in [4.69, 9.17) is 14.2 Å². The van der Waals surface area contributed by atoms with E-state index in [0.717, 1.165) is 115 Å². The van der Waals surface area contributed by atoms with Crippen molar-refractivity contribution in [3.8, 4) is 16.9 Å². The second-order valence-corrected chi connectivity index (χ2v) is 15.0. The van der Waals surface area contributed by atoms with Gasteiger partial charge in [-0.05, 0) is 122 Å². The number of anilines is 2. The molecule has 0 spiro atoms. The minimum atomic E-state index is -1.23. The number of ether oxygens (including phenoxy) is 3. The standard InChI is InChI=1S/C42H52N4O5S/c1-4-6-21-49-23-24-51-38-14-9-33(10-15-38)34-11-18-40-36(25-34)26-35(8-7-20-46(40)27-32-19-22-50-28-32)42(47)44-37-12-16-39(17-13-37)52(48)29-41-31(3)43-30-45(41)5-2/h9-18,25-26,30,32H,4-8,19-24,27-29H2,1-3H3,(H,44,47)/b35-26+/t32-,52?/m1/s1. The minimum absolute atomic E-state index is 0.120. The molecule has 0 saturated carbocycles. The fraction of sp³-hybridized carbons (Fsp3) is 0.429. The Morgan fingerprint density at radius 2 is 1.85 bits per heavy atom. The van der Waals surface area contributed by atoms with Crippen molar-refractivity contribution in [3.05, 3.63) is 95.6 Å². The number of amides is 1. The van der Waals surface area contributed by atoms with Gasteiger partial charge in [-0.1, -0.05) is 31.5 Å². The summed E-state index contributed by atoms with van der Waals surface area (Å²) in [4.78, 5) is 21.4. The summed E-state index contributed by atoms with van der Waals surface area (Å²) in [6, 6.07) is 22.1. The van der Waals surface area contributed by atoms with Crippen molar-refractivity contribution < 1.29 is 23.6 Å². The van der Waals surface area contributed by atoms with Crippen molar-refractivity contribution in [3.63, 3.8) is 0 Å². The van der Waals surface area contributed by atoms with E-state index in [1.54, 1.807) is 6.33 Å². The number of fused-ring (bicyclic) bond motifs is 1. The molecule has 2 aliphatic heterocycles. The normalized spacial score (nSPS) is 17.5. The fourth-order valence-corrected chi connectivity index (χ4v) is 8.00. The number of nitrogens with one attached hydrogen (secondary N) is 1. The molecule has 9 nitrogen and oxygen atoms in total. The Morgan fingerprint density at radius 1 is 1.04 bits per heavy atom. The summed E-state index contributed by atoms with van der Waals surface area (Å²) in [7, 11) is 0. The van der Waals surface area contributed by atoms with Crippen molar-refractivity contribution >= 4 is 34.5 Å². The predicted molar refractivity (Wildman–Crippen MR) is 209 cm³/mol. The molecule has 1 saturated heterocycles. The summed E-state index contributed by atoms with van der Waals surface area (Å²) in [5, 5.41) is 3.11. The lowest BCUT2D eigenvalue weighted by molar-refractivity contribution is -0.112. The Kier molecular flexibility index (Phi) is 13.5. The van der Waals surface area contributed by atoms with Gasteiger partial charge in [-0.25, -0.2) is 4.98 Å². The van der Waals surface area contributed by atoms with E-state index >= 15 is 0 Å². The molecule has 52 heavy (non-hydrogen) atoms. The summed E-state index contributed by atoms with van der Waals surface area (Å²) in [5.74, 6) is 1.59. The Balaban J connectivity index is 1.17. The molecule has 1 aromatic heterocycles. The van der Waals surface area contributed by atoms with Crippen LogP contribution in [0.15, 0.2) is 83.5 Å². The Hall–Kier alpha value is -4.09. The van der Waals surface area contributed by atoms with Crippen LogP contribution >= 0.6 is 0 Å². The molecule has 2 atom stereocenters. The molecule has 10 heteroatoms. The van der Waals surface area contributed by atoms with Crippen LogP contribution in [-0.4, -0.2) is 66.1 Å². The van der Waals surface area contributed by atoms with Crippen LogP contribution in [-0.2, 0) is 37.7 Å². The van der Waals surface area contributed by atoms with E-state index in [2.05, 4.69) is 65.5 Å². The number of aryl methyl sites for hydroxylation is 2. The molecule has 2 aliphatic rings. The van der Waals surface area contributed by atoms with Crippen LogP contribution < -0.4 is 15.0 Å². The Labute approximate surface area is 311 Å². The van der Waals surface area contributed by atoms with Gasteiger partial charge in [0.15, 0.2) is 10.6 Å². The van der Waals surface area contributed by atoms with E-state index in [0.29, 0.717) is 37.0 Å². The first-order valence-electron chi connectivity index (χ1n) is 18.7. The maximum absolute atomic E-state index is 13.8. The van der Waals surface area contributed by atoms with Gasteiger partial charge in [-0.2, -0.15) is 0 Å². The highest BCUT2D eigenvalue weighted by atomic mass is 32.2. The number of rotatable bonds is 16. The van der Waals surface area contributed by atoms with Crippen molar-refractivity contribution in [1.29, 1.82) is 0 Å². The van der Waals surface area contributed by atoms with Gasteiger partial charge >= 0.3 is 0 Å². The zero-order valence-corrected chi connectivity index (χ0v) is 31.6. The van der Waals surface area contributed by atoms with Crippen LogP contribution in [0.25, 0.3) is 17.2 Å². The van der Waals surface area contributed by atoms with Crippen LogP contribution in [0.1, 0.15) is 62.9 Å². The van der Waals surface area contributed by atoms with Crippen LogP contribution in [0.5, 0.6) is 5.75 Å². The van der Waals surface area contributed by atoms with Gasteiger partial charge in [0.2, 0.25) is 0 Å². The third-order valence-corrected chi connectivity index (χ3v) is 11.2. The van der Waals surface area contributed by atoms with Gasteiger partial charge in [0.25, 0.3) is 5.91 Å². The van der Waals surface area contributed by atoms with Crippen molar-refractivity contribution in [2.75, 3.05) is 56.3 Å². The number of carbonyl (C=O) groups is 1. The number of hydrogen-bond donors (Lipinski definition) is 1. The second-order valence-electron chi connectivity index (χ2n) is 13.6. The number of benzene rings is 3. The highest BCUT2D eigenvalue weighted by Gasteiger charge is 2.24. The largest absolute Gasteiger partial charge is 0.611 e. The summed E-state index contributed by atoms with van der Waals surface area (Å²) in [6.07, 6.45) is 8.64. The van der Waals surface area contributed by atoms with Gasteiger partial charge in [0.1, 0.15) is 12.4 Å². The molecule has 1 fully saturated rings. The number of carbonyl (C=O) groups excluding carboxylic acids is 1. The Morgan fingerprint density at radius 3 is 2.60 bits per heavy atom. The molecule has 1 N–H and O–H groups in total. The first-order valence-corrected chi connectivity index (χ1v) is 20.0. The molecule has 1 unspecified atom stereocenters. The zero-order chi connectivity index (χ0) is 36.3. The van der Waals surface area contributed by atoms with Gasteiger partial charge in [-0.3, -0.25) is 4.79 Å². The number of aromatic nitrogens is 2. The summed E-state index contributed by atoms with van der Waals surface area (Å²) in [5.41, 5.74) is 7.62. The first-order chi connectivity index (χ1) is 25.4. The third kappa shape index (κ3) is 9.86. The van der Waals surface area contributed by atoms with Gasteiger partial charge in [0.05, 0.1) is 30.9 Å². The molecule has 0 aliphatic carbocycles. The first kappa shape index (κ1) is 37.7. The van der Waals surface area contributed by atoms with Crippen LogP contribution in [0.4, 0.5) is 11.4 Å². The molecule has 1 amide bonds. The molecule has 0 bridgehead atoms. The van der Waals surface area contributed by atoms with Gasteiger partial charge in [0, 0.05) is 55.7 Å². The average Bonchev–Trinajstić information content (AvgIpc) is 3.80. The highest BCUT2D eigenvalue weighted by Crippen LogP contribution is 2.34. The highest BCUT2D eigenvalue weighted by molar-refractivity contribution is 7.90. The minimum Gasteiger partial charge on any atom is -0.611 e. The molecule has 4 aromatic rings. The number of imidazole rings is 1. The van der Waals surface area contributed by atoms with Crippen molar-refractivity contribution in [1.82, 2.24) is 9.55 Å². The van der Waals surface area contributed by atoms with Gasteiger partial charge < -0.3 is 33.5 Å². The van der Waals surface area contributed by atoms with Crippen LogP contribution in [0.2, 0.25) is 0 Å². The molecule has 3 heterocycles. The maximum Gasteiger partial charge on any atom is 0.251 e. The zero-order valence-electron chi connectivity index (χ0n) is 30.8. The number of hydrogen-bond acceptors (Lipinski definition) is 7. The number of unbranched alkanes of at least 4 members (excludes halogenated alkanes) is 1. The molecule has 0 radical (unpaired) electrons. The SMILES string of the molecule is CCCCOCCOc1ccc(-c2ccc3c(c2)/C=C(/C(=O)Nc2ccc([S+]([O-])Cc4c(C)ncn4CC)cc2)CCCN3C[C@H]2CCOC2)cc1. The lowest BCUT2D eigenvalue weighted by atomic mass is 9.95. The number of nitrogens with zero attached hydrogens (tertiary/aromatic N) is 3. The maximum atomic E-state index is 13.8. The van der Waals surface area contributed by atoms with Crippen molar-refractivity contribution in [2.24, 2.45) is 5.92 Å². The summed E-state index contributed by atoms with van der Waals surface area (Å²) in [6.45, 7) is 12.2. The summed E-state index contributed by atoms with van der Waals surface area (Å²) >= 11 is -1.23. The van der Waals surface area contributed by atoms with Crippen LogP contribution in [0, 0.1) is 12.8 Å². The molecule has 6 rings (SSSR count). The predicted octanol–water partition coefficient (Wildman–Crippen LogP) is 8.04. The van der Waals surface area contributed by atoms with E-state index in [-0.39, 0.29) is 5.91 Å². The van der Waals surface area contributed by atoms with E-state index in [1.807, 2.05) is 47.9 Å². The average molecular weight is 725 g/mol. The molecular weight excluding hydrogens is 673 g/mol. The summed E-state index contributed by atoms with van der Waals surface area (Å²) < 4.78 is 32.5. The Bertz CT molecular complexity index is 1780. The quantitative estimate of drug-likeness (QED) is 0.0923. The second kappa shape index (κ2) is 18.6. The smallest absolute Gasteiger partial charge is 0.251 e.